The lowest BCUT2D eigenvalue weighted by Gasteiger charge is -2.29. The minimum Gasteiger partial charge on any atom is -0.505 e. The van der Waals surface area contributed by atoms with Crippen LogP contribution in [0.5, 0.6) is 5.75 Å². The zero-order chi connectivity index (χ0) is 22.5. The standard InChI is InChI=1S/C25H25Cl2N3O2.ClH/c26-20-10-15(11-21(27)24(20)32)14-1-6-22-18(9-14)23(30-17-4-2-16(28)3-5-17)19(12-29-22)25(13-31)7-8-25;/h1,6,9-13,16-17,32H,2-5,7-8,28H2,(H,29,30);1H/t16-,17-;. The number of carbonyl (C=O) groups is 1. The van der Waals surface area contributed by atoms with E-state index in [-0.39, 0.29) is 34.2 Å². The van der Waals surface area contributed by atoms with Crippen LogP contribution < -0.4 is 11.1 Å². The van der Waals surface area contributed by atoms with Crippen molar-refractivity contribution in [3.05, 3.63) is 52.1 Å². The highest BCUT2D eigenvalue weighted by Crippen LogP contribution is 2.50. The van der Waals surface area contributed by atoms with Crippen LogP contribution in [0.3, 0.4) is 0 Å². The summed E-state index contributed by atoms with van der Waals surface area (Å²) in [5, 5.41) is 15.1. The summed E-state index contributed by atoms with van der Waals surface area (Å²) >= 11 is 12.3. The van der Waals surface area contributed by atoms with Crippen molar-refractivity contribution in [2.75, 3.05) is 5.32 Å². The normalized spacial score (nSPS) is 21.3. The number of aromatic nitrogens is 1. The maximum Gasteiger partial charge on any atom is 0.152 e. The van der Waals surface area contributed by atoms with Gasteiger partial charge in [0.05, 0.1) is 21.0 Å². The maximum absolute atomic E-state index is 12.0. The van der Waals surface area contributed by atoms with Gasteiger partial charge in [-0.15, -0.1) is 12.4 Å². The second-order valence-corrected chi connectivity index (χ2v) is 9.91. The molecule has 0 bridgehead atoms. The molecule has 5 rings (SSSR count). The summed E-state index contributed by atoms with van der Waals surface area (Å²) in [4.78, 5) is 16.7. The van der Waals surface area contributed by atoms with Crippen LogP contribution in [-0.4, -0.2) is 28.5 Å². The fourth-order valence-electron chi connectivity index (χ4n) is 4.69. The zero-order valence-corrected chi connectivity index (χ0v) is 20.3. The maximum atomic E-state index is 12.0. The molecule has 2 aromatic carbocycles. The number of aldehydes is 1. The van der Waals surface area contributed by atoms with Crippen LogP contribution in [-0.2, 0) is 10.2 Å². The van der Waals surface area contributed by atoms with Gasteiger partial charge in [0.15, 0.2) is 5.75 Å². The molecule has 4 N–H and O–H groups in total. The Hall–Kier alpha value is -2.05. The van der Waals surface area contributed by atoms with E-state index in [1.165, 1.54) is 0 Å². The number of nitrogens with zero attached hydrogens (tertiary/aromatic N) is 1. The van der Waals surface area contributed by atoms with E-state index in [0.717, 1.165) is 78.1 Å². The number of fused-ring (bicyclic) bond motifs is 1. The number of carbonyl (C=O) groups excluding carboxylic acids is 1. The fraction of sp³-hybridized carbons (Fsp3) is 0.360. The van der Waals surface area contributed by atoms with Gasteiger partial charge in [0, 0.05) is 34.9 Å². The first-order valence-electron chi connectivity index (χ1n) is 11.0. The van der Waals surface area contributed by atoms with Crippen LogP contribution >= 0.6 is 35.6 Å². The Kier molecular flexibility index (Phi) is 6.79. The topological polar surface area (TPSA) is 88.2 Å². The SMILES string of the molecule is Cl.N[C@H]1CC[C@H](Nc2c(C3(C=O)CC3)cnc3ccc(-c4cc(Cl)c(O)c(Cl)c4)cc23)CC1. The number of anilines is 1. The van der Waals surface area contributed by atoms with Gasteiger partial charge in [0.25, 0.3) is 0 Å². The minimum atomic E-state index is -0.449. The number of nitrogens with two attached hydrogens (primary N) is 1. The molecule has 0 spiro atoms. The lowest BCUT2D eigenvalue weighted by Crippen LogP contribution is -2.33. The molecule has 1 heterocycles. The predicted octanol–water partition coefficient (Wildman–Crippen LogP) is 6.25. The molecule has 0 atom stereocenters. The van der Waals surface area contributed by atoms with E-state index in [2.05, 4.69) is 16.4 Å². The van der Waals surface area contributed by atoms with E-state index in [4.69, 9.17) is 28.9 Å². The van der Waals surface area contributed by atoms with Gasteiger partial charge < -0.3 is 21.0 Å². The highest BCUT2D eigenvalue weighted by molar-refractivity contribution is 6.37. The van der Waals surface area contributed by atoms with Crippen LogP contribution in [0.2, 0.25) is 10.0 Å². The monoisotopic (exact) mass is 505 g/mol. The van der Waals surface area contributed by atoms with Gasteiger partial charge in [-0.3, -0.25) is 4.98 Å². The molecule has 33 heavy (non-hydrogen) atoms. The van der Waals surface area contributed by atoms with Gasteiger partial charge in [-0.2, -0.15) is 0 Å². The summed E-state index contributed by atoms with van der Waals surface area (Å²) in [6.07, 6.45) is 8.60. The van der Waals surface area contributed by atoms with Crippen molar-refractivity contribution >= 4 is 58.5 Å². The molecule has 0 radical (unpaired) electrons. The van der Waals surface area contributed by atoms with E-state index < -0.39 is 5.41 Å². The van der Waals surface area contributed by atoms with Crippen LogP contribution in [0.15, 0.2) is 36.5 Å². The second kappa shape index (κ2) is 9.30. The molecule has 1 aromatic heterocycles. The number of hydrogen-bond acceptors (Lipinski definition) is 5. The summed E-state index contributed by atoms with van der Waals surface area (Å²) in [5.74, 6) is -0.124. The molecular formula is C25H26Cl3N3O2. The smallest absolute Gasteiger partial charge is 0.152 e. The van der Waals surface area contributed by atoms with Crippen LogP contribution in [0, 0.1) is 0 Å². The summed E-state index contributed by atoms with van der Waals surface area (Å²) < 4.78 is 0. The highest BCUT2D eigenvalue weighted by Gasteiger charge is 2.46. The van der Waals surface area contributed by atoms with Crippen LogP contribution in [0.25, 0.3) is 22.0 Å². The van der Waals surface area contributed by atoms with Crippen molar-refractivity contribution in [1.82, 2.24) is 4.98 Å². The summed E-state index contributed by atoms with van der Waals surface area (Å²) in [6, 6.07) is 9.96. The number of pyridine rings is 1. The van der Waals surface area contributed by atoms with Gasteiger partial charge in [-0.05, 0) is 73.9 Å². The number of phenolic OH excluding ortho intramolecular Hbond substituents is 1. The first-order chi connectivity index (χ1) is 15.4. The van der Waals surface area contributed by atoms with Gasteiger partial charge in [0.1, 0.15) is 6.29 Å². The molecule has 3 aromatic rings. The molecule has 2 fully saturated rings. The second-order valence-electron chi connectivity index (χ2n) is 9.10. The third kappa shape index (κ3) is 4.52. The minimum absolute atomic E-state index is 0. The molecule has 5 nitrogen and oxygen atoms in total. The predicted molar refractivity (Wildman–Crippen MR) is 137 cm³/mol. The number of phenols is 1. The van der Waals surface area contributed by atoms with Crippen molar-refractivity contribution < 1.29 is 9.90 Å². The molecule has 2 saturated carbocycles. The summed E-state index contributed by atoms with van der Waals surface area (Å²) in [6.45, 7) is 0. The molecule has 2 aliphatic carbocycles. The van der Waals surface area contributed by atoms with Crippen LogP contribution in [0.4, 0.5) is 5.69 Å². The molecular weight excluding hydrogens is 481 g/mol. The van der Waals surface area contributed by atoms with Crippen molar-refractivity contribution in [3.63, 3.8) is 0 Å². The first kappa shape index (κ1) is 24.1. The first-order valence-corrected chi connectivity index (χ1v) is 11.8. The number of aromatic hydroxyl groups is 1. The van der Waals surface area contributed by atoms with Gasteiger partial charge in [-0.25, -0.2) is 0 Å². The average Bonchev–Trinajstić information content (AvgIpc) is 3.59. The molecule has 2 aliphatic rings. The Morgan fingerprint density at radius 3 is 2.33 bits per heavy atom. The Morgan fingerprint density at radius 1 is 1.06 bits per heavy atom. The molecule has 0 saturated heterocycles. The van der Waals surface area contributed by atoms with Gasteiger partial charge >= 0.3 is 0 Å². The Balaban J connectivity index is 0.00000259. The number of nitrogens with one attached hydrogen (secondary N) is 1. The molecule has 174 valence electrons. The molecule has 0 unspecified atom stereocenters. The number of halogens is 3. The van der Waals surface area contributed by atoms with Crippen molar-refractivity contribution in [2.45, 2.75) is 56.0 Å². The zero-order valence-electron chi connectivity index (χ0n) is 18.0. The third-order valence-electron chi connectivity index (χ3n) is 6.89. The van der Waals surface area contributed by atoms with Crippen molar-refractivity contribution in [2.24, 2.45) is 5.73 Å². The highest BCUT2D eigenvalue weighted by atomic mass is 35.5. The number of hydrogen-bond donors (Lipinski definition) is 3. The molecule has 8 heteroatoms. The van der Waals surface area contributed by atoms with Crippen LogP contribution in [0.1, 0.15) is 44.1 Å². The lowest BCUT2D eigenvalue weighted by molar-refractivity contribution is -0.109. The summed E-state index contributed by atoms with van der Waals surface area (Å²) in [5.41, 5.74) is 10.2. The van der Waals surface area contributed by atoms with E-state index >= 15 is 0 Å². The van der Waals surface area contributed by atoms with Gasteiger partial charge in [-0.1, -0.05) is 29.3 Å². The van der Waals surface area contributed by atoms with Gasteiger partial charge in [0.2, 0.25) is 0 Å². The third-order valence-corrected chi connectivity index (χ3v) is 7.47. The Morgan fingerprint density at radius 2 is 1.73 bits per heavy atom. The van der Waals surface area contributed by atoms with Crippen molar-refractivity contribution in [3.8, 4) is 16.9 Å². The van der Waals surface area contributed by atoms with E-state index in [1.54, 1.807) is 12.1 Å². The average molecular weight is 507 g/mol. The number of rotatable bonds is 5. The Bertz CT molecular complexity index is 1180. The molecule has 0 amide bonds. The lowest BCUT2D eigenvalue weighted by atomic mass is 9.89. The number of benzene rings is 2. The largest absolute Gasteiger partial charge is 0.505 e. The van der Waals surface area contributed by atoms with E-state index in [1.807, 2.05) is 18.3 Å². The quantitative estimate of drug-likeness (QED) is 0.356. The summed E-state index contributed by atoms with van der Waals surface area (Å²) in [7, 11) is 0. The van der Waals surface area contributed by atoms with E-state index in [0.29, 0.717) is 6.04 Å². The van der Waals surface area contributed by atoms with Crippen molar-refractivity contribution in [1.29, 1.82) is 0 Å². The molecule has 0 aliphatic heterocycles. The fourth-order valence-corrected chi connectivity index (χ4v) is 5.18. The van der Waals surface area contributed by atoms with E-state index in [9.17, 15) is 9.90 Å². The Labute approximate surface area is 209 Å².